The molecule has 0 fully saturated rings. The highest BCUT2D eigenvalue weighted by atomic mass is 31.2. The Morgan fingerprint density at radius 3 is 1.77 bits per heavy atom. The van der Waals surface area contributed by atoms with E-state index in [9.17, 15) is 47.9 Å². The van der Waals surface area contributed by atoms with Crippen LogP contribution in [-0.4, -0.2) is 35.1 Å². The first-order chi connectivity index (χ1) is 16.0. The molecule has 0 aliphatic heterocycles. The van der Waals surface area contributed by atoms with Gasteiger partial charge in [-0.05, 0) is 61.9 Å². The van der Waals surface area contributed by atoms with Crippen molar-refractivity contribution in [3.63, 3.8) is 0 Å². The Balaban J connectivity index is 2.13. The summed E-state index contributed by atoms with van der Waals surface area (Å²) in [5.41, 5.74) is 1.72. The van der Waals surface area contributed by atoms with Crippen molar-refractivity contribution in [1.82, 2.24) is 0 Å². The minimum absolute atomic E-state index is 0.0589. The molecule has 0 saturated heterocycles. The number of hydrogen-bond donors (Lipinski definition) is 6. The van der Waals surface area contributed by atoms with Crippen LogP contribution in [0, 0.1) is 13.8 Å². The van der Waals surface area contributed by atoms with Crippen LogP contribution in [0.25, 0.3) is 0 Å². The average molecular weight is 542 g/mol. The Kier molecular flexibility index (Phi) is 7.42. The van der Waals surface area contributed by atoms with Crippen LogP contribution in [0.1, 0.15) is 27.0 Å². The van der Waals surface area contributed by atoms with Gasteiger partial charge in [0.15, 0.2) is 5.78 Å². The zero-order valence-electron chi connectivity index (χ0n) is 18.3. The molecule has 0 radical (unpaired) electrons. The second kappa shape index (κ2) is 9.56. The van der Waals surface area contributed by atoms with Gasteiger partial charge in [0.1, 0.15) is 22.1 Å². The van der Waals surface area contributed by atoms with Gasteiger partial charge in [-0.15, -0.1) is 0 Å². The van der Waals surface area contributed by atoms with E-state index in [0.29, 0.717) is 17.2 Å². The van der Waals surface area contributed by atoms with Crippen LogP contribution in [-0.2, 0) is 13.7 Å². The third-order valence-corrected chi connectivity index (χ3v) is 7.89. The largest absolute Gasteiger partial charge is 0.455 e. The lowest BCUT2D eigenvalue weighted by Crippen LogP contribution is -2.18. The lowest BCUT2D eigenvalue weighted by molar-refractivity contribution is 0.103. The third-order valence-electron chi connectivity index (χ3n) is 4.99. The molecule has 6 N–H and O–H groups in total. The Bertz CT molecular complexity index is 1460. The van der Waals surface area contributed by atoms with Gasteiger partial charge >= 0.3 is 22.8 Å². The molecule has 0 aliphatic carbocycles. The summed E-state index contributed by atoms with van der Waals surface area (Å²) >= 11 is 0. The quantitative estimate of drug-likeness (QED) is 0.188. The van der Waals surface area contributed by atoms with Crippen LogP contribution in [0.3, 0.4) is 0 Å². The maximum absolute atomic E-state index is 13.0. The lowest BCUT2D eigenvalue weighted by Gasteiger charge is -2.17. The highest BCUT2D eigenvalue weighted by Crippen LogP contribution is 2.43. The number of ether oxygens (including phenoxy) is 1. The number of ketones is 1. The molecule has 0 saturated carbocycles. The van der Waals surface area contributed by atoms with Crippen LogP contribution in [0.4, 0.5) is 0 Å². The molecule has 14 heteroatoms. The number of aryl methyl sites for hydroxylation is 2. The summed E-state index contributed by atoms with van der Waals surface area (Å²) in [5, 5.41) is -2.30. The molecule has 186 valence electrons. The van der Waals surface area contributed by atoms with E-state index in [2.05, 4.69) is 0 Å². The van der Waals surface area contributed by atoms with E-state index in [1.807, 2.05) is 0 Å². The van der Waals surface area contributed by atoms with Gasteiger partial charge in [0.05, 0.1) is 5.30 Å². The first-order valence-electron chi connectivity index (χ1n) is 9.75. The third kappa shape index (κ3) is 6.23. The summed E-state index contributed by atoms with van der Waals surface area (Å²) < 4.78 is 41.0. The van der Waals surface area contributed by atoms with Gasteiger partial charge in [-0.25, -0.2) is 0 Å². The van der Waals surface area contributed by atoms with Crippen molar-refractivity contribution in [3.8, 4) is 11.5 Å². The van der Waals surface area contributed by atoms with E-state index in [4.69, 9.17) is 4.74 Å². The number of benzene rings is 3. The van der Waals surface area contributed by atoms with Gasteiger partial charge in [-0.2, -0.15) is 0 Å². The summed E-state index contributed by atoms with van der Waals surface area (Å²) in [4.78, 5) is 70.6. The molecule has 35 heavy (non-hydrogen) atoms. The van der Waals surface area contributed by atoms with E-state index in [1.165, 1.54) is 6.07 Å². The molecule has 0 atom stereocenters. The van der Waals surface area contributed by atoms with E-state index >= 15 is 0 Å². The zero-order valence-corrected chi connectivity index (χ0v) is 20.9. The topological polar surface area (TPSA) is 199 Å². The molecule has 11 nitrogen and oxygen atoms in total. The van der Waals surface area contributed by atoms with Crippen LogP contribution >= 0.6 is 22.8 Å². The molecule has 0 aromatic heterocycles. The van der Waals surface area contributed by atoms with Gasteiger partial charge < -0.3 is 34.1 Å². The summed E-state index contributed by atoms with van der Waals surface area (Å²) in [5.74, 6) is -1.59. The Morgan fingerprint density at radius 2 is 1.23 bits per heavy atom. The molecule has 3 rings (SSSR count). The first kappa shape index (κ1) is 27.2. The van der Waals surface area contributed by atoms with Gasteiger partial charge in [0.2, 0.25) is 0 Å². The minimum atomic E-state index is -5.14. The molecular formula is C21H21O11P3. The minimum Gasteiger partial charge on any atom is -0.455 e. The predicted molar refractivity (Wildman–Crippen MR) is 127 cm³/mol. The van der Waals surface area contributed by atoms with E-state index in [1.54, 1.807) is 32.0 Å². The normalized spacial score (nSPS) is 12.5. The second-order valence-corrected chi connectivity index (χ2v) is 12.5. The molecule has 0 amide bonds. The highest BCUT2D eigenvalue weighted by molar-refractivity contribution is 7.62. The lowest BCUT2D eigenvalue weighted by atomic mass is 9.97. The van der Waals surface area contributed by atoms with Gasteiger partial charge in [0, 0.05) is 11.1 Å². The Labute approximate surface area is 199 Å². The van der Waals surface area contributed by atoms with Crippen molar-refractivity contribution in [2.75, 3.05) is 0 Å². The molecule has 0 spiro atoms. The van der Waals surface area contributed by atoms with Crippen LogP contribution in [0.15, 0.2) is 54.6 Å². The van der Waals surface area contributed by atoms with Crippen LogP contribution in [0.5, 0.6) is 11.5 Å². The van der Waals surface area contributed by atoms with Crippen LogP contribution < -0.4 is 20.7 Å². The van der Waals surface area contributed by atoms with Gasteiger partial charge in [-0.3, -0.25) is 18.5 Å². The van der Waals surface area contributed by atoms with E-state index in [0.717, 1.165) is 29.8 Å². The Hall–Kier alpha value is -2.42. The highest BCUT2D eigenvalue weighted by Gasteiger charge is 2.30. The SMILES string of the molecule is Cc1ccc(C)c(C(=O)c2ccc(Oc3ccc(P(=O)(O)O)cc3P(=O)(O)O)c(P(=O)(O)O)c2)c1. The Morgan fingerprint density at radius 1 is 0.686 bits per heavy atom. The van der Waals surface area contributed by atoms with E-state index in [-0.39, 0.29) is 5.56 Å². The van der Waals surface area contributed by atoms with Crippen LogP contribution in [0.2, 0.25) is 0 Å². The molecule has 3 aromatic rings. The van der Waals surface area contributed by atoms with Gasteiger partial charge in [-0.1, -0.05) is 17.7 Å². The van der Waals surface area contributed by atoms with Crippen molar-refractivity contribution in [2.45, 2.75) is 13.8 Å². The average Bonchev–Trinajstić information content (AvgIpc) is 2.73. The zero-order chi connectivity index (χ0) is 26.3. The fourth-order valence-electron chi connectivity index (χ4n) is 3.23. The second-order valence-electron chi connectivity index (χ2n) is 7.72. The molecular weight excluding hydrogens is 521 g/mol. The number of carbonyl (C=O) groups excluding carboxylic acids is 1. The summed E-state index contributed by atoms with van der Waals surface area (Å²) in [6.07, 6.45) is 0. The standard InChI is InChI=1S/C21H21O11P3/c1-12-3-4-13(2)16(9-12)21(22)14-5-7-17(19(10-14)34(26,27)28)32-18-8-6-15(33(23,24)25)11-20(18)35(29,30)31/h3-11H,1-2H3,(H2,23,24,25)(H2,26,27,28)(H2,29,30,31). The molecule has 0 heterocycles. The summed E-state index contributed by atoms with van der Waals surface area (Å²) in [6.45, 7) is 3.49. The first-order valence-corrected chi connectivity index (χ1v) is 14.6. The number of rotatable bonds is 7. The van der Waals surface area contributed by atoms with Crippen molar-refractivity contribution in [2.24, 2.45) is 0 Å². The van der Waals surface area contributed by atoms with E-state index < -0.39 is 56.0 Å². The van der Waals surface area contributed by atoms with Crippen molar-refractivity contribution in [3.05, 3.63) is 76.9 Å². The summed E-state index contributed by atoms with van der Waals surface area (Å²) in [7, 11) is -15.1. The monoisotopic (exact) mass is 542 g/mol. The molecule has 3 aromatic carbocycles. The fraction of sp³-hybridized carbons (Fsp3) is 0.0952. The molecule has 0 unspecified atom stereocenters. The number of carbonyl (C=O) groups is 1. The van der Waals surface area contributed by atoms with Crippen molar-refractivity contribution < 1.29 is 52.6 Å². The summed E-state index contributed by atoms with van der Waals surface area (Å²) in [6, 6.07) is 10.7. The fourth-order valence-corrected chi connectivity index (χ4v) is 5.32. The maximum atomic E-state index is 13.0. The van der Waals surface area contributed by atoms with Gasteiger partial charge in [0.25, 0.3) is 0 Å². The smallest absolute Gasteiger partial charge is 0.360 e. The molecule has 0 aliphatic rings. The predicted octanol–water partition coefficient (Wildman–Crippen LogP) is 1.74. The maximum Gasteiger partial charge on any atom is 0.360 e. The van der Waals surface area contributed by atoms with Crippen molar-refractivity contribution in [1.29, 1.82) is 0 Å². The molecule has 0 bridgehead atoms. The number of hydrogen-bond acceptors (Lipinski definition) is 5. The van der Waals surface area contributed by atoms with Crippen molar-refractivity contribution >= 4 is 44.5 Å².